The quantitative estimate of drug-likeness (QED) is 0.644. The molecular formula is C10H20N4O. The van der Waals surface area contributed by atoms with Gasteiger partial charge in [0.2, 0.25) is 0 Å². The van der Waals surface area contributed by atoms with Crippen molar-refractivity contribution in [2.45, 2.75) is 45.7 Å². The van der Waals surface area contributed by atoms with Gasteiger partial charge in [0.1, 0.15) is 0 Å². The molecule has 1 aromatic heterocycles. The van der Waals surface area contributed by atoms with E-state index in [9.17, 15) is 0 Å². The number of nitrogens with two attached hydrogens (primary N) is 1. The van der Waals surface area contributed by atoms with E-state index < -0.39 is 0 Å². The highest BCUT2D eigenvalue weighted by Crippen LogP contribution is 2.07. The Bertz CT molecular complexity index is 285. The molecule has 0 amide bonds. The first-order valence-electron chi connectivity index (χ1n) is 5.55. The van der Waals surface area contributed by atoms with Crippen molar-refractivity contribution in [3.05, 3.63) is 11.4 Å². The van der Waals surface area contributed by atoms with Crippen LogP contribution in [-0.4, -0.2) is 26.7 Å². The third-order valence-electron chi connectivity index (χ3n) is 2.47. The smallest absolute Gasteiger partial charge is 0.0994 e. The number of nitrogens with zero attached hydrogens (tertiary/aromatic N) is 3. The number of hydrogen-bond donors (Lipinski definition) is 2. The molecule has 0 atom stereocenters. The molecule has 0 aromatic carbocycles. The minimum Gasteiger partial charge on any atom is -0.396 e. The maximum atomic E-state index is 8.66. The Morgan fingerprint density at radius 2 is 2.13 bits per heavy atom. The number of aryl methyl sites for hydroxylation is 1. The highest BCUT2D eigenvalue weighted by Gasteiger charge is 2.08. The van der Waals surface area contributed by atoms with Crippen molar-refractivity contribution in [3.8, 4) is 0 Å². The first-order valence-corrected chi connectivity index (χ1v) is 5.55. The van der Waals surface area contributed by atoms with Gasteiger partial charge in [0.25, 0.3) is 0 Å². The van der Waals surface area contributed by atoms with Crippen LogP contribution in [-0.2, 0) is 19.5 Å². The zero-order valence-corrected chi connectivity index (χ0v) is 9.32. The van der Waals surface area contributed by atoms with Crippen LogP contribution < -0.4 is 5.73 Å². The SMILES string of the molecule is CCc1c(CN)nnn1CCCCCO. The highest BCUT2D eigenvalue weighted by molar-refractivity contribution is 5.09. The molecule has 5 nitrogen and oxygen atoms in total. The zero-order chi connectivity index (χ0) is 11.1. The van der Waals surface area contributed by atoms with Gasteiger partial charge in [-0.3, -0.25) is 0 Å². The van der Waals surface area contributed by atoms with Gasteiger partial charge in [-0.2, -0.15) is 0 Å². The van der Waals surface area contributed by atoms with Crippen LogP contribution in [0.1, 0.15) is 37.6 Å². The van der Waals surface area contributed by atoms with E-state index in [0.29, 0.717) is 6.54 Å². The Labute approximate surface area is 90.3 Å². The molecule has 0 fully saturated rings. The van der Waals surface area contributed by atoms with Crippen molar-refractivity contribution in [2.24, 2.45) is 5.73 Å². The molecule has 0 unspecified atom stereocenters. The Morgan fingerprint density at radius 3 is 2.73 bits per heavy atom. The molecule has 0 aliphatic rings. The van der Waals surface area contributed by atoms with Crippen LogP contribution in [0.2, 0.25) is 0 Å². The van der Waals surface area contributed by atoms with Crippen molar-refractivity contribution in [3.63, 3.8) is 0 Å². The predicted octanol–water partition coefficient (Wildman–Crippen LogP) is 0.462. The third-order valence-corrected chi connectivity index (χ3v) is 2.47. The minimum absolute atomic E-state index is 0.270. The van der Waals surface area contributed by atoms with E-state index in [2.05, 4.69) is 17.2 Å². The van der Waals surface area contributed by atoms with Gasteiger partial charge in [-0.1, -0.05) is 12.1 Å². The summed E-state index contributed by atoms with van der Waals surface area (Å²) in [6.45, 7) is 3.68. The van der Waals surface area contributed by atoms with E-state index in [0.717, 1.165) is 43.6 Å². The molecule has 0 aliphatic heterocycles. The van der Waals surface area contributed by atoms with E-state index >= 15 is 0 Å². The Balaban J connectivity index is 2.49. The van der Waals surface area contributed by atoms with Crippen LogP contribution >= 0.6 is 0 Å². The average molecular weight is 212 g/mol. The maximum absolute atomic E-state index is 8.66. The Hall–Kier alpha value is -0.940. The fraction of sp³-hybridized carbons (Fsp3) is 0.800. The number of aromatic nitrogens is 3. The second-order valence-corrected chi connectivity index (χ2v) is 3.55. The normalized spacial score (nSPS) is 10.9. The number of rotatable bonds is 7. The monoisotopic (exact) mass is 212 g/mol. The van der Waals surface area contributed by atoms with E-state index in [1.54, 1.807) is 0 Å². The van der Waals surface area contributed by atoms with E-state index in [1.807, 2.05) is 4.68 Å². The second kappa shape index (κ2) is 6.53. The van der Waals surface area contributed by atoms with Crippen molar-refractivity contribution >= 4 is 0 Å². The summed E-state index contributed by atoms with van der Waals surface area (Å²) in [5, 5.41) is 16.8. The van der Waals surface area contributed by atoms with E-state index in [4.69, 9.17) is 10.8 Å². The van der Waals surface area contributed by atoms with Gasteiger partial charge >= 0.3 is 0 Å². The second-order valence-electron chi connectivity index (χ2n) is 3.55. The first kappa shape index (κ1) is 12.1. The molecule has 0 spiro atoms. The minimum atomic E-state index is 0.270. The molecule has 3 N–H and O–H groups in total. The molecule has 1 rings (SSSR count). The first-order chi connectivity index (χ1) is 7.33. The van der Waals surface area contributed by atoms with Crippen LogP contribution in [0.25, 0.3) is 0 Å². The van der Waals surface area contributed by atoms with E-state index in [1.165, 1.54) is 0 Å². The summed E-state index contributed by atoms with van der Waals surface area (Å²) in [6, 6.07) is 0. The van der Waals surface area contributed by atoms with Gasteiger partial charge in [0.05, 0.1) is 11.4 Å². The predicted molar refractivity (Wildman–Crippen MR) is 58.2 cm³/mol. The van der Waals surface area contributed by atoms with Crippen molar-refractivity contribution in [2.75, 3.05) is 6.61 Å². The summed E-state index contributed by atoms with van der Waals surface area (Å²) in [7, 11) is 0. The number of hydrogen-bond acceptors (Lipinski definition) is 4. The van der Waals surface area contributed by atoms with E-state index in [-0.39, 0.29) is 6.61 Å². The molecular weight excluding hydrogens is 192 g/mol. The average Bonchev–Trinajstić information content (AvgIpc) is 2.66. The Morgan fingerprint density at radius 1 is 1.33 bits per heavy atom. The molecule has 15 heavy (non-hydrogen) atoms. The fourth-order valence-electron chi connectivity index (χ4n) is 1.64. The van der Waals surface area contributed by atoms with Gasteiger partial charge in [-0.05, 0) is 25.7 Å². The number of aliphatic hydroxyl groups excluding tert-OH is 1. The third kappa shape index (κ3) is 3.28. The molecule has 1 aromatic rings. The highest BCUT2D eigenvalue weighted by atomic mass is 16.2. The van der Waals surface area contributed by atoms with Crippen LogP contribution in [0.3, 0.4) is 0 Å². The molecule has 0 radical (unpaired) electrons. The summed E-state index contributed by atoms with van der Waals surface area (Å²) in [6.07, 6.45) is 3.83. The lowest BCUT2D eigenvalue weighted by molar-refractivity contribution is 0.281. The molecule has 0 saturated carbocycles. The lowest BCUT2D eigenvalue weighted by Crippen LogP contribution is -2.07. The van der Waals surface area contributed by atoms with Gasteiger partial charge in [0, 0.05) is 19.7 Å². The van der Waals surface area contributed by atoms with Gasteiger partial charge in [-0.15, -0.1) is 5.10 Å². The largest absolute Gasteiger partial charge is 0.396 e. The van der Waals surface area contributed by atoms with Crippen LogP contribution in [0.15, 0.2) is 0 Å². The molecule has 0 aliphatic carbocycles. The van der Waals surface area contributed by atoms with Gasteiger partial charge in [-0.25, -0.2) is 4.68 Å². The molecule has 0 bridgehead atoms. The summed E-state index contributed by atoms with van der Waals surface area (Å²) >= 11 is 0. The summed E-state index contributed by atoms with van der Waals surface area (Å²) in [4.78, 5) is 0. The maximum Gasteiger partial charge on any atom is 0.0994 e. The lowest BCUT2D eigenvalue weighted by Gasteiger charge is -2.04. The van der Waals surface area contributed by atoms with Crippen LogP contribution in [0, 0.1) is 0 Å². The lowest BCUT2D eigenvalue weighted by atomic mass is 10.2. The standard InChI is InChI=1S/C10H20N4O/c1-2-10-9(8-11)12-13-14(10)6-4-3-5-7-15/h15H,2-8,11H2,1H3. The fourth-order valence-corrected chi connectivity index (χ4v) is 1.64. The van der Waals surface area contributed by atoms with Crippen LogP contribution in [0.5, 0.6) is 0 Å². The van der Waals surface area contributed by atoms with Gasteiger partial charge in [0.15, 0.2) is 0 Å². The van der Waals surface area contributed by atoms with Gasteiger partial charge < -0.3 is 10.8 Å². The molecule has 1 heterocycles. The summed E-state index contributed by atoms with van der Waals surface area (Å²) in [5.74, 6) is 0. The van der Waals surface area contributed by atoms with Crippen molar-refractivity contribution in [1.29, 1.82) is 0 Å². The van der Waals surface area contributed by atoms with Crippen LogP contribution in [0.4, 0.5) is 0 Å². The van der Waals surface area contributed by atoms with Crippen molar-refractivity contribution < 1.29 is 5.11 Å². The topological polar surface area (TPSA) is 77.0 Å². The molecule has 0 saturated heterocycles. The number of aliphatic hydroxyl groups is 1. The van der Waals surface area contributed by atoms with Crippen molar-refractivity contribution in [1.82, 2.24) is 15.0 Å². The number of unbranched alkanes of at least 4 members (excludes halogenated alkanes) is 2. The zero-order valence-electron chi connectivity index (χ0n) is 9.32. The molecule has 86 valence electrons. The summed E-state index contributed by atoms with van der Waals surface area (Å²) < 4.78 is 1.93. The molecule has 5 heteroatoms. The Kier molecular flexibility index (Phi) is 5.28. The summed E-state index contributed by atoms with van der Waals surface area (Å²) in [5.41, 5.74) is 7.61.